The second-order valence-electron chi connectivity index (χ2n) is 5.02. The number of Topliss-reactive ketones (excluding diaryl/α,β-unsaturated/α-hetero) is 1. The molecule has 0 radical (unpaired) electrons. The first-order valence-corrected chi connectivity index (χ1v) is 5.87. The fourth-order valence-corrected chi connectivity index (χ4v) is 1.55. The lowest BCUT2D eigenvalue weighted by atomic mass is 10.1. The third kappa shape index (κ3) is 4.84. The molecule has 0 aliphatic rings. The number of benzene rings is 1. The summed E-state index contributed by atoms with van der Waals surface area (Å²) in [5.41, 5.74) is 0.143. The fourth-order valence-electron chi connectivity index (χ4n) is 1.32. The van der Waals surface area contributed by atoms with Gasteiger partial charge in [0, 0.05) is 22.5 Å². The number of carbonyl (C=O) groups excluding carboxylic acids is 1. The molecule has 0 heterocycles. The second kappa shape index (κ2) is 5.61. The van der Waals surface area contributed by atoms with Crippen LogP contribution >= 0.6 is 11.6 Å². The van der Waals surface area contributed by atoms with Gasteiger partial charge >= 0.3 is 0 Å². The Labute approximate surface area is 106 Å². The normalized spacial score (nSPS) is 11.6. The van der Waals surface area contributed by atoms with Gasteiger partial charge in [0.05, 0.1) is 6.54 Å². The molecule has 0 saturated carbocycles. The summed E-state index contributed by atoms with van der Waals surface area (Å²) in [6.07, 6.45) is 0.0224. The molecule has 0 aromatic heterocycles. The van der Waals surface area contributed by atoms with Crippen molar-refractivity contribution in [3.8, 4) is 0 Å². The van der Waals surface area contributed by atoms with Gasteiger partial charge in [-0.3, -0.25) is 4.79 Å². The number of ketones is 1. The average molecular weight is 258 g/mol. The highest BCUT2D eigenvalue weighted by atomic mass is 35.5. The maximum atomic E-state index is 13.4. The zero-order valence-corrected chi connectivity index (χ0v) is 11.1. The molecule has 0 fully saturated rings. The number of carbonyl (C=O) groups is 1. The van der Waals surface area contributed by atoms with Crippen molar-refractivity contribution < 1.29 is 9.18 Å². The Morgan fingerprint density at radius 2 is 2.06 bits per heavy atom. The van der Waals surface area contributed by atoms with Crippen LogP contribution in [0.3, 0.4) is 0 Å². The van der Waals surface area contributed by atoms with Crippen molar-refractivity contribution in [1.82, 2.24) is 5.32 Å². The largest absolute Gasteiger partial charge is 0.305 e. The van der Waals surface area contributed by atoms with Crippen LogP contribution in [-0.4, -0.2) is 17.9 Å². The molecular weight excluding hydrogens is 241 g/mol. The van der Waals surface area contributed by atoms with Crippen molar-refractivity contribution >= 4 is 17.4 Å². The Balaban J connectivity index is 2.63. The van der Waals surface area contributed by atoms with Crippen LogP contribution in [0, 0.1) is 5.82 Å². The van der Waals surface area contributed by atoms with Crippen molar-refractivity contribution in [2.75, 3.05) is 6.54 Å². The van der Waals surface area contributed by atoms with Crippen molar-refractivity contribution in [3.05, 3.63) is 34.6 Å². The molecule has 94 valence electrons. The lowest BCUT2D eigenvalue weighted by molar-refractivity contribution is -0.117. The SMILES string of the molecule is CC(C)(C)NCC(=O)Cc1c(F)cccc1Cl. The van der Waals surface area contributed by atoms with Gasteiger partial charge in [0.15, 0.2) is 5.78 Å². The van der Waals surface area contributed by atoms with Gasteiger partial charge in [0.2, 0.25) is 0 Å². The monoisotopic (exact) mass is 257 g/mol. The van der Waals surface area contributed by atoms with Gasteiger partial charge in [-0.2, -0.15) is 0 Å². The van der Waals surface area contributed by atoms with Gasteiger partial charge < -0.3 is 5.32 Å². The molecule has 17 heavy (non-hydrogen) atoms. The number of hydrogen-bond acceptors (Lipinski definition) is 2. The number of rotatable bonds is 4. The van der Waals surface area contributed by atoms with E-state index in [1.165, 1.54) is 12.1 Å². The zero-order chi connectivity index (χ0) is 13.1. The predicted molar refractivity (Wildman–Crippen MR) is 67.9 cm³/mol. The molecule has 0 aliphatic carbocycles. The molecule has 1 aromatic carbocycles. The van der Waals surface area contributed by atoms with Gasteiger partial charge in [-0.25, -0.2) is 4.39 Å². The van der Waals surface area contributed by atoms with Crippen molar-refractivity contribution in [2.45, 2.75) is 32.7 Å². The number of halogens is 2. The van der Waals surface area contributed by atoms with Gasteiger partial charge in [0.25, 0.3) is 0 Å². The lowest BCUT2D eigenvalue weighted by Crippen LogP contribution is -2.39. The minimum Gasteiger partial charge on any atom is -0.305 e. The summed E-state index contributed by atoms with van der Waals surface area (Å²) in [5.74, 6) is -0.506. The molecule has 1 aromatic rings. The second-order valence-corrected chi connectivity index (χ2v) is 5.43. The summed E-state index contributed by atoms with van der Waals surface area (Å²) in [6.45, 7) is 6.12. The Morgan fingerprint density at radius 3 is 2.59 bits per heavy atom. The van der Waals surface area contributed by atoms with E-state index in [-0.39, 0.29) is 29.9 Å². The Hall–Kier alpha value is -0.930. The molecule has 4 heteroatoms. The fraction of sp³-hybridized carbons (Fsp3) is 0.462. The van der Waals surface area contributed by atoms with E-state index in [1.54, 1.807) is 6.07 Å². The van der Waals surface area contributed by atoms with Crippen LogP contribution in [0.25, 0.3) is 0 Å². The quantitative estimate of drug-likeness (QED) is 0.899. The van der Waals surface area contributed by atoms with E-state index in [0.29, 0.717) is 5.02 Å². The maximum absolute atomic E-state index is 13.4. The Kier molecular flexibility index (Phi) is 4.66. The third-order valence-electron chi connectivity index (χ3n) is 2.25. The topological polar surface area (TPSA) is 29.1 Å². The standard InChI is InChI=1S/C13H17ClFNO/c1-13(2,3)16-8-9(17)7-10-11(14)5-4-6-12(10)15/h4-6,16H,7-8H2,1-3H3. The van der Waals surface area contributed by atoms with Crippen LogP contribution in [-0.2, 0) is 11.2 Å². The summed E-state index contributed by atoms with van der Waals surface area (Å²) in [7, 11) is 0. The van der Waals surface area contributed by atoms with E-state index < -0.39 is 5.82 Å². The molecule has 1 rings (SSSR count). The van der Waals surface area contributed by atoms with Crippen molar-refractivity contribution in [2.24, 2.45) is 0 Å². The first-order chi connectivity index (χ1) is 7.79. The lowest BCUT2D eigenvalue weighted by Gasteiger charge is -2.19. The first-order valence-electron chi connectivity index (χ1n) is 5.49. The Bertz CT molecular complexity index is 392. The summed E-state index contributed by atoms with van der Waals surface area (Å²) < 4.78 is 13.4. The smallest absolute Gasteiger partial charge is 0.151 e. The van der Waals surface area contributed by atoms with E-state index in [9.17, 15) is 9.18 Å². The maximum Gasteiger partial charge on any atom is 0.151 e. The molecule has 0 atom stereocenters. The highest BCUT2D eigenvalue weighted by molar-refractivity contribution is 6.31. The molecule has 0 unspecified atom stereocenters. The summed E-state index contributed by atoms with van der Waals surface area (Å²) in [5, 5.41) is 3.37. The molecule has 0 bridgehead atoms. The summed E-state index contributed by atoms with van der Waals surface area (Å²) >= 11 is 5.85. The molecule has 0 saturated heterocycles. The highest BCUT2D eigenvalue weighted by Crippen LogP contribution is 2.19. The van der Waals surface area contributed by atoms with Gasteiger partial charge in [-0.15, -0.1) is 0 Å². The van der Waals surface area contributed by atoms with Crippen LogP contribution in [0.15, 0.2) is 18.2 Å². The van der Waals surface area contributed by atoms with E-state index in [4.69, 9.17) is 11.6 Å². The minimum atomic E-state index is -0.429. The zero-order valence-electron chi connectivity index (χ0n) is 10.3. The van der Waals surface area contributed by atoms with Crippen LogP contribution < -0.4 is 5.32 Å². The van der Waals surface area contributed by atoms with Crippen LogP contribution in [0.4, 0.5) is 4.39 Å². The van der Waals surface area contributed by atoms with E-state index >= 15 is 0 Å². The number of nitrogens with one attached hydrogen (secondary N) is 1. The summed E-state index contributed by atoms with van der Waals surface area (Å²) in [4.78, 5) is 11.7. The molecule has 0 aliphatic heterocycles. The highest BCUT2D eigenvalue weighted by Gasteiger charge is 2.14. The molecule has 2 nitrogen and oxygen atoms in total. The van der Waals surface area contributed by atoms with Crippen LogP contribution in [0.1, 0.15) is 26.3 Å². The summed E-state index contributed by atoms with van der Waals surface area (Å²) in [6, 6.07) is 4.43. The molecule has 1 N–H and O–H groups in total. The van der Waals surface area contributed by atoms with Crippen LogP contribution in [0.5, 0.6) is 0 Å². The van der Waals surface area contributed by atoms with Crippen LogP contribution in [0.2, 0.25) is 5.02 Å². The van der Waals surface area contributed by atoms with Crippen molar-refractivity contribution in [3.63, 3.8) is 0 Å². The van der Waals surface area contributed by atoms with E-state index in [0.717, 1.165) is 0 Å². The van der Waals surface area contributed by atoms with E-state index in [2.05, 4.69) is 5.32 Å². The minimum absolute atomic E-state index is 0.0224. The van der Waals surface area contributed by atoms with Crippen molar-refractivity contribution in [1.29, 1.82) is 0 Å². The third-order valence-corrected chi connectivity index (χ3v) is 2.61. The van der Waals surface area contributed by atoms with Gasteiger partial charge in [-0.05, 0) is 32.9 Å². The predicted octanol–water partition coefficient (Wildman–Crippen LogP) is 2.98. The van der Waals surface area contributed by atoms with Gasteiger partial charge in [0.1, 0.15) is 5.82 Å². The molecule has 0 amide bonds. The molecule has 0 spiro atoms. The Morgan fingerprint density at radius 1 is 1.41 bits per heavy atom. The average Bonchev–Trinajstić information content (AvgIpc) is 2.20. The first kappa shape index (κ1) is 14.1. The molecular formula is C13H17ClFNO. The van der Waals surface area contributed by atoms with Gasteiger partial charge in [-0.1, -0.05) is 17.7 Å². The number of hydrogen-bond donors (Lipinski definition) is 1. The van der Waals surface area contributed by atoms with E-state index in [1.807, 2.05) is 20.8 Å².